The van der Waals surface area contributed by atoms with Gasteiger partial charge in [0, 0.05) is 19.3 Å². The standard InChI is InChI=1S/C77H126O6/c1-4-7-10-13-16-19-22-25-28-30-32-34-36-37-38-39-41-42-44-46-49-52-55-58-61-64-67-70-76(79)82-73-74(72-81-75(78)69-66-63-60-57-54-51-48-27-24-21-18-15-12-9-6-3)83-77(80)71-68-65-62-59-56-53-50-47-45-43-40-35-33-31-29-26-23-20-17-14-11-8-5-2/h7,9-10,12,16,18-19,21,23,25-28,31-34,37-38,41-42,48,54,57,74H,4-6,8,11,13-15,17,20,22,24,29-30,35-36,39-40,43-47,49-53,55-56,58-73H2,1-3H3/b10-7-,12-9-,19-16-,21-18-,26-23-,28-25-,33-31-,34-32-,38-37-,42-41-,48-27-,57-54-. The highest BCUT2D eigenvalue weighted by atomic mass is 16.6. The molecule has 0 spiro atoms. The van der Waals surface area contributed by atoms with E-state index in [2.05, 4.69) is 167 Å². The van der Waals surface area contributed by atoms with Gasteiger partial charge < -0.3 is 14.2 Å². The van der Waals surface area contributed by atoms with Gasteiger partial charge >= 0.3 is 17.9 Å². The number of esters is 3. The summed E-state index contributed by atoms with van der Waals surface area (Å²) in [5.74, 6) is -0.949. The number of hydrogen-bond donors (Lipinski definition) is 0. The molecule has 0 aliphatic rings. The van der Waals surface area contributed by atoms with Crippen molar-refractivity contribution in [2.45, 2.75) is 309 Å². The monoisotopic (exact) mass is 1150 g/mol. The summed E-state index contributed by atoms with van der Waals surface area (Å²) in [7, 11) is 0. The van der Waals surface area contributed by atoms with Crippen molar-refractivity contribution in [1.82, 2.24) is 0 Å². The van der Waals surface area contributed by atoms with Crippen LogP contribution < -0.4 is 0 Å². The summed E-state index contributed by atoms with van der Waals surface area (Å²) in [5, 5.41) is 0. The van der Waals surface area contributed by atoms with Crippen LogP contribution >= 0.6 is 0 Å². The molecule has 0 saturated heterocycles. The van der Waals surface area contributed by atoms with E-state index in [1.807, 2.05) is 0 Å². The Labute approximate surface area is 512 Å². The SMILES string of the molecule is CC/C=C\C/C=C\C/C=C\C/C=C\C/C=C\C/C=C\CCCCCCCCCCC(=O)OCC(COC(=O)CCCC/C=C\C/C=C\C/C=C\C/C=C\CC)OC(=O)CCCCCCCCCCCCC/C=C\C/C=C\CCCCCCC. The first-order valence-electron chi connectivity index (χ1n) is 34.3. The summed E-state index contributed by atoms with van der Waals surface area (Å²) in [6.45, 7) is 6.37. The normalized spacial score (nSPS) is 13.0. The van der Waals surface area contributed by atoms with E-state index in [0.717, 1.165) is 135 Å². The maximum Gasteiger partial charge on any atom is 0.306 e. The quantitative estimate of drug-likeness (QED) is 0.0261. The number of rotatable bonds is 61. The molecule has 0 rings (SSSR count). The smallest absolute Gasteiger partial charge is 0.306 e. The van der Waals surface area contributed by atoms with Crippen molar-refractivity contribution in [3.63, 3.8) is 0 Å². The molecule has 1 atom stereocenters. The number of unbranched alkanes of at least 4 members (excludes halogenated alkanes) is 26. The van der Waals surface area contributed by atoms with E-state index in [9.17, 15) is 14.4 Å². The maximum absolute atomic E-state index is 13.0. The van der Waals surface area contributed by atoms with Gasteiger partial charge in [-0.1, -0.05) is 289 Å². The Kier molecular flexibility index (Phi) is 65.8. The predicted molar refractivity (Wildman–Crippen MR) is 362 cm³/mol. The van der Waals surface area contributed by atoms with Gasteiger partial charge in [0.2, 0.25) is 0 Å². The topological polar surface area (TPSA) is 78.9 Å². The van der Waals surface area contributed by atoms with Crippen LogP contribution in [0.25, 0.3) is 0 Å². The van der Waals surface area contributed by atoms with E-state index in [1.54, 1.807) is 0 Å². The van der Waals surface area contributed by atoms with Gasteiger partial charge in [-0.3, -0.25) is 14.4 Å². The van der Waals surface area contributed by atoms with Crippen LogP contribution in [0.2, 0.25) is 0 Å². The van der Waals surface area contributed by atoms with Crippen LogP contribution in [-0.2, 0) is 28.6 Å². The number of ether oxygens (including phenoxy) is 3. The van der Waals surface area contributed by atoms with Gasteiger partial charge in [-0.2, -0.15) is 0 Å². The van der Waals surface area contributed by atoms with E-state index in [4.69, 9.17) is 14.2 Å². The van der Waals surface area contributed by atoms with Crippen molar-refractivity contribution in [1.29, 1.82) is 0 Å². The molecule has 1 unspecified atom stereocenters. The third kappa shape index (κ3) is 68.0. The van der Waals surface area contributed by atoms with Crippen LogP contribution in [0, 0.1) is 0 Å². The lowest BCUT2D eigenvalue weighted by Crippen LogP contribution is -2.30. The van der Waals surface area contributed by atoms with E-state index in [0.29, 0.717) is 19.3 Å². The molecule has 0 heterocycles. The fraction of sp³-hybridized carbons (Fsp3) is 0.649. The molecule has 0 radical (unpaired) electrons. The molecule has 6 nitrogen and oxygen atoms in total. The van der Waals surface area contributed by atoms with Gasteiger partial charge in [0.1, 0.15) is 13.2 Å². The minimum absolute atomic E-state index is 0.101. The molecule has 470 valence electrons. The predicted octanol–water partition coefficient (Wildman–Crippen LogP) is 23.9. The molecule has 0 fully saturated rings. The highest BCUT2D eigenvalue weighted by Gasteiger charge is 2.19. The lowest BCUT2D eigenvalue weighted by Gasteiger charge is -2.18. The van der Waals surface area contributed by atoms with Crippen molar-refractivity contribution in [2.75, 3.05) is 13.2 Å². The van der Waals surface area contributed by atoms with Crippen LogP contribution in [0.15, 0.2) is 146 Å². The molecule has 0 aromatic heterocycles. The van der Waals surface area contributed by atoms with Gasteiger partial charge in [-0.05, 0) is 141 Å². The second-order valence-electron chi connectivity index (χ2n) is 22.3. The Morgan fingerprint density at radius 2 is 0.470 bits per heavy atom. The molecule has 0 saturated carbocycles. The minimum atomic E-state index is -0.808. The summed E-state index contributed by atoms with van der Waals surface area (Å²) in [6.07, 6.45) is 100. The molecule has 0 N–H and O–H groups in total. The molecule has 6 heteroatoms. The van der Waals surface area contributed by atoms with E-state index in [-0.39, 0.29) is 31.1 Å². The summed E-state index contributed by atoms with van der Waals surface area (Å²) in [4.78, 5) is 38.4. The lowest BCUT2D eigenvalue weighted by atomic mass is 10.0. The van der Waals surface area contributed by atoms with Gasteiger partial charge in [0.15, 0.2) is 6.10 Å². The third-order valence-electron chi connectivity index (χ3n) is 14.3. The molecule has 83 heavy (non-hydrogen) atoms. The van der Waals surface area contributed by atoms with Crippen molar-refractivity contribution in [3.8, 4) is 0 Å². The van der Waals surface area contributed by atoms with E-state index >= 15 is 0 Å². The Morgan fingerprint density at radius 1 is 0.253 bits per heavy atom. The Balaban J connectivity index is 4.41. The molecule has 0 amide bonds. The average Bonchev–Trinajstić information content (AvgIpc) is 3.49. The van der Waals surface area contributed by atoms with Crippen molar-refractivity contribution in [2.24, 2.45) is 0 Å². The number of carbonyl (C=O) groups is 3. The molecular weight excluding hydrogens is 1020 g/mol. The largest absolute Gasteiger partial charge is 0.462 e. The summed E-state index contributed by atoms with van der Waals surface area (Å²) in [5.41, 5.74) is 0. The van der Waals surface area contributed by atoms with E-state index < -0.39 is 6.10 Å². The van der Waals surface area contributed by atoms with Crippen molar-refractivity contribution < 1.29 is 28.6 Å². The molecule has 0 aromatic rings. The average molecular weight is 1150 g/mol. The first-order chi connectivity index (χ1) is 41.0. The summed E-state index contributed by atoms with van der Waals surface area (Å²) >= 11 is 0. The molecule has 0 aromatic carbocycles. The van der Waals surface area contributed by atoms with Gasteiger partial charge in [0.05, 0.1) is 0 Å². The summed E-state index contributed by atoms with van der Waals surface area (Å²) < 4.78 is 16.9. The van der Waals surface area contributed by atoms with Gasteiger partial charge in [-0.15, -0.1) is 0 Å². The second kappa shape index (κ2) is 69.8. The lowest BCUT2D eigenvalue weighted by molar-refractivity contribution is -0.167. The zero-order valence-corrected chi connectivity index (χ0v) is 53.9. The molecule has 0 bridgehead atoms. The fourth-order valence-electron chi connectivity index (χ4n) is 9.23. The Hall–Kier alpha value is -4.71. The van der Waals surface area contributed by atoms with E-state index in [1.165, 1.54) is 128 Å². The number of hydrogen-bond acceptors (Lipinski definition) is 6. The van der Waals surface area contributed by atoms with Gasteiger partial charge in [0.25, 0.3) is 0 Å². The third-order valence-corrected chi connectivity index (χ3v) is 14.3. The fourth-order valence-corrected chi connectivity index (χ4v) is 9.23. The van der Waals surface area contributed by atoms with Crippen LogP contribution in [0.4, 0.5) is 0 Å². The maximum atomic E-state index is 13.0. The molecular formula is C77H126O6. The first kappa shape index (κ1) is 78.3. The molecule has 0 aliphatic carbocycles. The van der Waals surface area contributed by atoms with Crippen molar-refractivity contribution in [3.05, 3.63) is 146 Å². The summed E-state index contributed by atoms with van der Waals surface area (Å²) in [6, 6.07) is 0. The first-order valence-corrected chi connectivity index (χ1v) is 34.3. The van der Waals surface area contributed by atoms with Crippen LogP contribution in [-0.4, -0.2) is 37.2 Å². The Morgan fingerprint density at radius 3 is 0.759 bits per heavy atom. The second-order valence-corrected chi connectivity index (χ2v) is 22.3. The number of carbonyl (C=O) groups excluding carboxylic acids is 3. The van der Waals surface area contributed by atoms with Crippen LogP contribution in [0.1, 0.15) is 303 Å². The minimum Gasteiger partial charge on any atom is -0.462 e. The van der Waals surface area contributed by atoms with Crippen molar-refractivity contribution >= 4 is 17.9 Å². The highest BCUT2D eigenvalue weighted by molar-refractivity contribution is 5.71. The Bertz CT molecular complexity index is 1800. The van der Waals surface area contributed by atoms with Crippen LogP contribution in [0.5, 0.6) is 0 Å². The molecule has 0 aliphatic heterocycles. The number of allylic oxidation sites excluding steroid dienone is 24. The zero-order chi connectivity index (χ0) is 59.9. The van der Waals surface area contributed by atoms with Crippen LogP contribution in [0.3, 0.4) is 0 Å². The highest BCUT2D eigenvalue weighted by Crippen LogP contribution is 2.16. The van der Waals surface area contributed by atoms with Gasteiger partial charge in [-0.25, -0.2) is 0 Å². The zero-order valence-electron chi connectivity index (χ0n) is 53.9.